The molecule has 0 saturated carbocycles. The molecule has 1 rings (SSSR count). The van der Waals surface area contributed by atoms with E-state index in [0.717, 1.165) is 15.6 Å². The van der Waals surface area contributed by atoms with E-state index in [4.69, 9.17) is 16.2 Å². The third-order valence-corrected chi connectivity index (χ3v) is 3.47. The van der Waals surface area contributed by atoms with Crippen LogP contribution in [0.3, 0.4) is 0 Å². The van der Waals surface area contributed by atoms with Crippen LogP contribution in [-0.2, 0) is 22.1 Å². The maximum absolute atomic E-state index is 10.9. The van der Waals surface area contributed by atoms with E-state index in [2.05, 4.69) is 34.7 Å². The Hall–Kier alpha value is -0.820. The lowest BCUT2D eigenvalue weighted by Crippen LogP contribution is -2.33. The van der Waals surface area contributed by atoms with Gasteiger partial charge in [-0.2, -0.15) is 0 Å². The lowest BCUT2D eigenvalue weighted by molar-refractivity contribution is 0.0459. The largest absolute Gasteiger partial charge is 0.443 e. The summed E-state index contributed by atoms with van der Waals surface area (Å²) in [7, 11) is 0. The number of primary amides is 1. The lowest BCUT2D eigenvalue weighted by atomic mass is 9.93. The molecular weight excluding hydrogens is 343 g/mol. The van der Waals surface area contributed by atoms with Crippen molar-refractivity contribution in [3.8, 4) is 0 Å². The molecule has 0 aromatic heterocycles. The van der Waals surface area contributed by atoms with Crippen molar-refractivity contribution in [3.05, 3.63) is 34.9 Å². The van der Waals surface area contributed by atoms with Crippen LogP contribution in [0, 0.1) is 0 Å². The van der Waals surface area contributed by atoms with E-state index in [9.17, 15) is 4.79 Å². The Bertz CT molecular complexity index is 433. The lowest BCUT2D eigenvalue weighted by Gasteiger charge is -2.25. The Kier molecular flexibility index (Phi) is 5.40. The molecule has 0 aliphatic carbocycles. The van der Waals surface area contributed by atoms with Crippen LogP contribution in [0.25, 0.3) is 0 Å². The number of ether oxygens (including phenoxy) is 1. The van der Waals surface area contributed by atoms with Crippen LogP contribution in [0.15, 0.2) is 18.2 Å². The number of hydrogen-bond acceptors (Lipinski definition) is 3. The SMILES string of the molecule is CC(C)(Cc1cc(CN)ccc1CI)OC(N)=O. The minimum absolute atomic E-state index is 0.506. The van der Waals surface area contributed by atoms with Gasteiger partial charge in [0.2, 0.25) is 0 Å². The van der Waals surface area contributed by atoms with Crippen molar-refractivity contribution in [1.29, 1.82) is 0 Å². The summed E-state index contributed by atoms with van der Waals surface area (Å²) in [5.74, 6) is 0. The molecule has 0 aliphatic rings. The quantitative estimate of drug-likeness (QED) is 0.624. The summed E-state index contributed by atoms with van der Waals surface area (Å²) in [6.07, 6.45) is -0.117. The van der Waals surface area contributed by atoms with E-state index < -0.39 is 11.7 Å². The normalized spacial score (nSPS) is 11.3. The van der Waals surface area contributed by atoms with Crippen molar-refractivity contribution < 1.29 is 9.53 Å². The summed E-state index contributed by atoms with van der Waals surface area (Å²) >= 11 is 2.32. The average Bonchev–Trinajstić information content (AvgIpc) is 2.26. The van der Waals surface area contributed by atoms with Crippen LogP contribution in [-0.4, -0.2) is 11.7 Å². The number of alkyl halides is 1. The summed E-state index contributed by atoms with van der Waals surface area (Å²) < 4.78 is 6.03. The Morgan fingerprint density at radius 3 is 2.56 bits per heavy atom. The molecule has 5 heteroatoms. The topological polar surface area (TPSA) is 78.3 Å². The molecule has 1 aromatic carbocycles. The highest BCUT2D eigenvalue weighted by Gasteiger charge is 2.23. The smallest absolute Gasteiger partial charge is 0.405 e. The van der Waals surface area contributed by atoms with Gasteiger partial charge in [0.15, 0.2) is 0 Å². The fourth-order valence-corrected chi connectivity index (χ4v) is 2.61. The molecule has 4 nitrogen and oxygen atoms in total. The number of benzene rings is 1. The summed E-state index contributed by atoms with van der Waals surface area (Å²) in [5, 5.41) is 0. The van der Waals surface area contributed by atoms with Gasteiger partial charge in [0, 0.05) is 17.4 Å². The first-order valence-corrected chi connectivity index (χ1v) is 7.25. The molecule has 0 unspecified atom stereocenters. The average molecular weight is 362 g/mol. The molecule has 18 heavy (non-hydrogen) atoms. The van der Waals surface area contributed by atoms with Crippen LogP contribution in [0.5, 0.6) is 0 Å². The highest BCUT2D eigenvalue weighted by Crippen LogP contribution is 2.23. The number of nitrogens with two attached hydrogens (primary N) is 2. The molecule has 100 valence electrons. The number of hydrogen-bond donors (Lipinski definition) is 2. The third-order valence-electron chi connectivity index (χ3n) is 2.64. The minimum Gasteiger partial charge on any atom is -0.443 e. The fourth-order valence-electron chi connectivity index (χ4n) is 1.87. The second kappa shape index (κ2) is 6.38. The first-order valence-electron chi connectivity index (χ1n) is 5.73. The molecule has 0 radical (unpaired) electrons. The van der Waals surface area contributed by atoms with E-state index in [1.54, 1.807) is 0 Å². The van der Waals surface area contributed by atoms with E-state index >= 15 is 0 Å². The van der Waals surface area contributed by atoms with Gasteiger partial charge in [0.25, 0.3) is 0 Å². The molecule has 0 saturated heterocycles. The molecule has 0 aliphatic heterocycles. The fraction of sp³-hybridized carbons (Fsp3) is 0.462. The van der Waals surface area contributed by atoms with Crippen LogP contribution in [0.2, 0.25) is 0 Å². The van der Waals surface area contributed by atoms with Gasteiger partial charge < -0.3 is 16.2 Å². The number of halogens is 1. The molecule has 0 atom stereocenters. The van der Waals surface area contributed by atoms with Crippen molar-refractivity contribution in [2.45, 2.75) is 36.8 Å². The molecular formula is C13H19IN2O2. The van der Waals surface area contributed by atoms with Crippen LogP contribution in [0.1, 0.15) is 30.5 Å². The predicted molar refractivity (Wildman–Crippen MR) is 80.5 cm³/mol. The summed E-state index contributed by atoms with van der Waals surface area (Å²) in [4.78, 5) is 10.9. The Labute approximate surface area is 121 Å². The predicted octanol–water partition coefficient (Wildman–Crippen LogP) is 2.50. The van der Waals surface area contributed by atoms with Crippen LogP contribution < -0.4 is 11.5 Å². The molecule has 0 heterocycles. The highest BCUT2D eigenvalue weighted by atomic mass is 127. The first-order chi connectivity index (χ1) is 8.38. The van der Waals surface area contributed by atoms with Gasteiger partial charge >= 0.3 is 6.09 Å². The zero-order chi connectivity index (χ0) is 13.8. The van der Waals surface area contributed by atoms with Crippen molar-refractivity contribution in [3.63, 3.8) is 0 Å². The third kappa shape index (κ3) is 4.45. The zero-order valence-corrected chi connectivity index (χ0v) is 12.9. The summed E-state index contributed by atoms with van der Waals surface area (Å²) in [6.45, 7) is 4.21. The minimum atomic E-state index is -0.744. The van der Waals surface area contributed by atoms with Gasteiger partial charge in [-0.3, -0.25) is 0 Å². The molecule has 0 fully saturated rings. The van der Waals surface area contributed by atoms with E-state index in [-0.39, 0.29) is 0 Å². The monoisotopic (exact) mass is 362 g/mol. The number of amides is 1. The maximum Gasteiger partial charge on any atom is 0.405 e. The van der Waals surface area contributed by atoms with Gasteiger partial charge in [0.05, 0.1) is 0 Å². The standard InChI is InChI=1S/C13H19IN2O2/c1-13(2,18-12(16)17)6-11-5-9(8-15)3-4-10(11)7-14/h3-5H,6-8,15H2,1-2H3,(H2,16,17). The van der Waals surface area contributed by atoms with Gasteiger partial charge in [0.1, 0.15) is 5.60 Å². The molecule has 1 aromatic rings. The molecule has 4 N–H and O–H groups in total. The maximum atomic E-state index is 10.9. The van der Waals surface area contributed by atoms with Gasteiger partial charge in [-0.05, 0) is 30.5 Å². The highest BCUT2D eigenvalue weighted by molar-refractivity contribution is 14.1. The van der Waals surface area contributed by atoms with Crippen molar-refractivity contribution >= 4 is 28.7 Å². The number of carbonyl (C=O) groups excluding carboxylic acids is 1. The zero-order valence-electron chi connectivity index (χ0n) is 10.7. The Morgan fingerprint density at radius 2 is 2.06 bits per heavy atom. The van der Waals surface area contributed by atoms with Gasteiger partial charge in [-0.25, -0.2) is 4.79 Å². The van der Waals surface area contributed by atoms with Gasteiger partial charge in [-0.1, -0.05) is 40.8 Å². The number of carbonyl (C=O) groups is 1. The molecule has 1 amide bonds. The Balaban J connectivity index is 2.97. The van der Waals surface area contributed by atoms with Crippen LogP contribution >= 0.6 is 22.6 Å². The number of rotatable bonds is 5. The second-order valence-corrected chi connectivity index (χ2v) is 5.56. The van der Waals surface area contributed by atoms with Gasteiger partial charge in [-0.15, -0.1) is 0 Å². The van der Waals surface area contributed by atoms with E-state index in [1.165, 1.54) is 5.56 Å². The summed E-state index contributed by atoms with van der Waals surface area (Å²) in [6, 6.07) is 6.17. The molecule has 0 bridgehead atoms. The van der Waals surface area contributed by atoms with E-state index in [1.807, 2.05) is 19.9 Å². The van der Waals surface area contributed by atoms with Crippen molar-refractivity contribution in [1.82, 2.24) is 0 Å². The van der Waals surface area contributed by atoms with Crippen molar-refractivity contribution in [2.75, 3.05) is 0 Å². The summed E-state index contributed by atoms with van der Waals surface area (Å²) in [5.41, 5.74) is 13.6. The van der Waals surface area contributed by atoms with E-state index in [0.29, 0.717) is 13.0 Å². The first kappa shape index (κ1) is 15.2. The van der Waals surface area contributed by atoms with Crippen molar-refractivity contribution in [2.24, 2.45) is 11.5 Å². The second-order valence-electron chi connectivity index (χ2n) is 4.80. The Morgan fingerprint density at radius 1 is 1.39 bits per heavy atom. The molecule has 0 spiro atoms. The van der Waals surface area contributed by atoms with Crippen LogP contribution in [0.4, 0.5) is 4.79 Å².